The van der Waals surface area contributed by atoms with E-state index in [0.29, 0.717) is 16.5 Å². The summed E-state index contributed by atoms with van der Waals surface area (Å²) >= 11 is 5.90. The van der Waals surface area contributed by atoms with E-state index in [1.54, 1.807) is 0 Å². The molecule has 0 aliphatic carbocycles. The van der Waals surface area contributed by atoms with Crippen molar-refractivity contribution < 1.29 is 18.3 Å². The first-order chi connectivity index (χ1) is 11.1. The molecule has 5 N–H and O–H groups in total. The van der Waals surface area contributed by atoms with Gasteiger partial charge in [-0.05, 0) is 19.1 Å². The number of pyridine rings is 1. The number of nitrogens with one attached hydrogen (secondary N) is 2. The largest absolute Gasteiger partial charge is 0.480 e. The van der Waals surface area contributed by atoms with Gasteiger partial charge in [-0.2, -0.15) is 4.72 Å². The van der Waals surface area contributed by atoms with Crippen molar-refractivity contribution in [3.63, 3.8) is 0 Å². The number of aliphatic carboxylic acids is 1. The Morgan fingerprint density at radius 3 is 2.71 bits per heavy atom. The molecule has 1 aromatic carbocycles. The second-order valence-electron chi connectivity index (χ2n) is 4.89. The molecule has 24 heavy (non-hydrogen) atoms. The fraction of sp³-hybridized carbons (Fsp3) is 0.154. The van der Waals surface area contributed by atoms with E-state index in [9.17, 15) is 13.2 Å². The van der Waals surface area contributed by atoms with Crippen LogP contribution in [0, 0.1) is 5.41 Å². The van der Waals surface area contributed by atoms with Crippen LogP contribution in [-0.2, 0) is 14.8 Å². The Morgan fingerprint density at radius 2 is 2.12 bits per heavy atom. The van der Waals surface area contributed by atoms with Gasteiger partial charge in [-0.1, -0.05) is 6.07 Å². The molecule has 0 aliphatic rings. The Hall–Kier alpha value is -2.43. The highest BCUT2D eigenvalue weighted by atomic mass is 35.5. The lowest BCUT2D eigenvalue weighted by Gasteiger charge is -2.16. The number of hydrogen-bond acceptors (Lipinski definition) is 5. The van der Waals surface area contributed by atoms with E-state index in [4.69, 9.17) is 28.0 Å². The average molecular weight is 372 g/mol. The summed E-state index contributed by atoms with van der Waals surface area (Å²) in [4.78, 5) is 14.6. The number of fused-ring (bicyclic) bond motifs is 1. The van der Waals surface area contributed by atoms with Crippen molar-refractivity contribution in [3.05, 3.63) is 30.6 Å². The van der Waals surface area contributed by atoms with Crippen molar-refractivity contribution in [3.8, 4) is 0 Å². The first kappa shape index (κ1) is 17.9. The molecule has 0 spiro atoms. The molecule has 0 fully saturated rings. The molecule has 128 valence electrons. The third-order valence-electron chi connectivity index (χ3n) is 3.15. The molecule has 1 heterocycles. The van der Waals surface area contributed by atoms with E-state index in [1.807, 2.05) is 0 Å². The van der Waals surface area contributed by atoms with Gasteiger partial charge in [-0.25, -0.2) is 12.8 Å². The normalized spacial score (nSPS) is 12.8. The van der Waals surface area contributed by atoms with E-state index >= 15 is 0 Å². The van der Waals surface area contributed by atoms with Gasteiger partial charge >= 0.3 is 5.97 Å². The van der Waals surface area contributed by atoms with Crippen LogP contribution in [0.4, 0.5) is 5.69 Å². The highest BCUT2D eigenvalue weighted by Crippen LogP contribution is 2.28. The zero-order valence-corrected chi connectivity index (χ0v) is 14.0. The average Bonchev–Trinajstić information content (AvgIpc) is 2.52. The topological polar surface area (TPSA) is 149 Å². The van der Waals surface area contributed by atoms with Crippen molar-refractivity contribution in [2.24, 2.45) is 5.73 Å². The predicted molar refractivity (Wildman–Crippen MR) is 89.4 cm³/mol. The summed E-state index contributed by atoms with van der Waals surface area (Å²) in [7, 11) is -4.02. The van der Waals surface area contributed by atoms with Gasteiger partial charge in [0.05, 0.1) is 16.8 Å². The fourth-order valence-electron chi connectivity index (χ4n) is 1.94. The molecule has 2 rings (SSSR count). The lowest BCUT2D eigenvalue weighted by molar-refractivity contribution is -0.138. The van der Waals surface area contributed by atoms with Crippen molar-refractivity contribution >= 4 is 50.2 Å². The summed E-state index contributed by atoms with van der Waals surface area (Å²) < 4.78 is 27.4. The number of aromatic nitrogens is 1. The lowest BCUT2D eigenvalue weighted by Crippen LogP contribution is -2.38. The Kier molecular flexibility index (Phi) is 4.92. The molecule has 0 bridgehead atoms. The molecule has 9 nitrogen and oxygen atoms in total. The van der Waals surface area contributed by atoms with Crippen molar-refractivity contribution in [1.82, 2.24) is 9.71 Å². The summed E-state index contributed by atoms with van der Waals surface area (Å²) in [6, 6.07) is 2.83. The maximum Gasteiger partial charge on any atom is 0.321 e. The lowest BCUT2D eigenvalue weighted by atomic mass is 10.1. The SMILES string of the molecule is C[C@H](NS(=O)(=O)c1ccc2c(N(Cl)C(=N)N)cncc2c1)C(=O)O. The van der Waals surface area contributed by atoms with E-state index in [1.165, 1.54) is 37.5 Å². The van der Waals surface area contributed by atoms with E-state index in [2.05, 4.69) is 9.71 Å². The van der Waals surface area contributed by atoms with Gasteiger partial charge in [-0.3, -0.25) is 15.2 Å². The van der Waals surface area contributed by atoms with Crippen molar-refractivity contribution in [1.29, 1.82) is 5.41 Å². The number of halogens is 1. The second kappa shape index (κ2) is 6.59. The molecule has 0 amide bonds. The Morgan fingerprint density at radius 1 is 1.46 bits per heavy atom. The first-order valence-electron chi connectivity index (χ1n) is 6.56. The Labute approximate surface area is 142 Å². The zero-order valence-electron chi connectivity index (χ0n) is 12.4. The maximum absolute atomic E-state index is 12.2. The third-order valence-corrected chi connectivity index (χ3v) is 5.05. The van der Waals surface area contributed by atoms with Crippen LogP contribution in [0.15, 0.2) is 35.5 Å². The van der Waals surface area contributed by atoms with Crippen LogP contribution in [0.3, 0.4) is 0 Å². The maximum atomic E-state index is 12.2. The number of carbonyl (C=O) groups is 1. The highest BCUT2D eigenvalue weighted by molar-refractivity contribution is 7.89. The minimum Gasteiger partial charge on any atom is -0.480 e. The van der Waals surface area contributed by atoms with Crippen molar-refractivity contribution in [2.45, 2.75) is 17.9 Å². The number of sulfonamides is 1. The molecule has 2 aromatic rings. The molecule has 1 atom stereocenters. The molecule has 11 heteroatoms. The Bertz CT molecular complexity index is 918. The summed E-state index contributed by atoms with van der Waals surface area (Å²) in [5.41, 5.74) is 5.65. The van der Waals surface area contributed by atoms with Gasteiger partial charge in [0, 0.05) is 28.7 Å². The van der Waals surface area contributed by atoms with E-state index in [0.717, 1.165) is 4.42 Å². The summed E-state index contributed by atoms with van der Waals surface area (Å²) in [6.45, 7) is 1.22. The van der Waals surface area contributed by atoms with Crippen LogP contribution >= 0.6 is 11.8 Å². The number of carboxylic acid groups (broad SMARTS) is 1. The smallest absolute Gasteiger partial charge is 0.321 e. The number of carboxylic acids is 1. The van der Waals surface area contributed by atoms with Gasteiger partial charge in [-0.15, -0.1) is 0 Å². The number of rotatable bonds is 5. The van der Waals surface area contributed by atoms with Crippen LogP contribution in [-0.4, -0.2) is 36.5 Å². The summed E-state index contributed by atoms with van der Waals surface area (Å²) in [5.74, 6) is -1.71. The van der Waals surface area contributed by atoms with Crippen LogP contribution in [0.25, 0.3) is 10.8 Å². The van der Waals surface area contributed by atoms with Gasteiger partial charge in [0.2, 0.25) is 16.0 Å². The molecule has 1 aromatic heterocycles. The first-order valence-corrected chi connectivity index (χ1v) is 8.38. The number of benzene rings is 1. The molecular formula is C13H14ClN5O4S. The minimum atomic E-state index is -4.02. The fourth-order valence-corrected chi connectivity index (χ4v) is 3.31. The summed E-state index contributed by atoms with van der Waals surface area (Å²) in [6.07, 6.45) is 2.80. The predicted octanol–water partition coefficient (Wildman–Crippen LogP) is 0.840. The molecule has 0 saturated heterocycles. The standard InChI is InChI=1S/C13H14ClN5O4S/c1-7(12(20)21)18-24(22,23)9-2-3-10-8(4-9)5-17-6-11(10)19(14)13(15)16/h2-7,18H,1H3,(H3,15,16)(H,20,21)/t7-/m0/s1. The van der Waals surface area contributed by atoms with Crippen molar-refractivity contribution in [2.75, 3.05) is 4.42 Å². The van der Waals surface area contributed by atoms with E-state index < -0.39 is 28.0 Å². The third kappa shape index (κ3) is 3.55. The van der Waals surface area contributed by atoms with E-state index in [-0.39, 0.29) is 4.90 Å². The molecule has 0 unspecified atom stereocenters. The highest BCUT2D eigenvalue weighted by Gasteiger charge is 2.22. The van der Waals surface area contributed by atoms with Crippen LogP contribution in [0.5, 0.6) is 0 Å². The number of nitrogens with two attached hydrogens (primary N) is 1. The molecular weight excluding hydrogens is 358 g/mol. The molecule has 0 aliphatic heterocycles. The van der Waals surface area contributed by atoms with Gasteiger partial charge in [0.25, 0.3) is 0 Å². The number of hydrogen-bond donors (Lipinski definition) is 4. The van der Waals surface area contributed by atoms with Gasteiger partial charge in [0.15, 0.2) is 0 Å². The molecule has 0 saturated carbocycles. The monoisotopic (exact) mass is 371 g/mol. The number of guanidine groups is 1. The van der Waals surface area contributed by atoms with Crippen LogP contribution in [0.1, 0.15) is 6.92 Å². The van der Waals surface area contributed by atoms with Crippen LogP contribution < -0.4 is 14.9 Å². The minimum absolute atomic E-state index is 0.119. The Balaban J connectivity index is 2.50. The molecule has 0 radical (unpaired) electrons. The number of anilines is 1. The van der Waals surface area contributed by atoms with Gasteiger partial charge in [0.1, 0.15) is 6.04 Å². The van der Waals surface area contributed by atoms with Gasteiger partial charge < -0.3 is 10.8 Å². The quantitative estimate of drug-likeness (QED) is 0.345. The second-order valence-corrected chi connectivity index (χ2v) is 6.94. The number of nitrogens with zero attached hydrogens (tertiary/aromatic N) is 2. The van der Waals surface area contributed by atoms with Crippen LogP contribution in [0.2, 0.25) is 0 Å². The zero-order chi connectivity index (χ0) is 18.1. The summed E-state index contributed by atoms with van der Waals surface area (Å²) in [5, 5.41) is 17.1.